The predicted octanol–water partition coefficient (Wildman–Crippen LogP) is 1.27. The van der Waals surface area contributed by atoms with Gasteiger partial charge in [-0.1, -0.05) is 5.16 Å². The zero-order chi connectivity index (χ0) is 9.26. The lowest BCUT2D eigenvalue weighted by Crippen LogP contribution is -2.01. The zero-order valence-electron chi connectivity index (χ0n) is 7.15. The summed E-state index contributed by atoms with van der Waals surface area (Å²) >= 11 is 0. The highest BCUT2D eigenvalue weighted by Gasteiger charge is 2.19. The van der Waals surface area contributed by atoms with E-state index >= 15 is 0 Å². The number of methoxy groups -OCH3 is 1. The molecule has 0 aromatic heterocycles. The van der Waals surface area contributed by atoms with Crippen LogP contribution in [-0.2, 0) is 0 Å². The summed E-state index contributed by atoms with van der Waals surface area (Å²) in [4.78, 5) is 0. The Morgan fingerprint density at radius 3 is 3.08 bits per heavy atom. The molecular weight excluding hydrogens is 170 g/mol. The molecule has 0 unspecified atom stereocenters. The molecule has 0 radical (unpaired) electrons. The Morgan fingerprint density at radius 2 is 2.38 bits per heavy atom. The van der Waals surface area contributed by atoms with E-state index in [0.717, 1.165) is 11.3 Å². The molecule has 1 N–H and O–H groups in total. The van der Waals surface area contributed by atoms with Gasteiger partial charge in [-0.05, 0) is 12.1 Å². The van der Waals surface area contributed by atoms with E-state index in [1.807, 2.05) is 6.07 Å². The summed E-state index contributed by atoms with van der Waals surface area (Å²) in [5.74, 6) is 1.44. The van der Waals surface area contributed by atoms with Gasteiger partial charge in [-0.3, -0.25) is 0 Å². The minimum absolute atomic E-state index is 0.318. The zero-order valence-corrected chi connectivity index (χ0v) is 7.15. The van der Waals surface area contributed by atoms with Crippen LogP contribution in [-0.4, -0.2) is 24.6 Å². The third-order valence-electron chi connectivity index (χ3n) is 1.98. The first-order chi connectivity index (χ1) is 6.35. The van der Waals surface area contributed by atoms with E-state index < -0.39 is 0 Å². The van der Waals surface area contributed by atoms with Crippen molar-refractivity contribution in [3.8, 4) is 11.5 Å². The molecule has 0 saturated heterocycles. The van der Waals surface area contributed by atoms with Crippen LogP contribution < -0.4 is 9.47 Å². The third-order valence-corrected chi connectivity index (χ3v) is 1.98. The van der Waals surface area contributed by atoms with E-state index in [4.69, 9.17) is 14.7 Å². The average Bonchev–Trinajstić information content (AvgIpc) is 2.59. The minimum atomic E-state index is 0.318. The van der Waals surface area contributed by atoms with Crippen LogP contribution in [0, 0.1) is 0 Å². The molecule has 0 fully saturated rings. The topological polar surface area (TPSA) is 51.0 Å². The monoisotopic (exact) mass is 179 g/mol. The second-order valence-corrected chi connectivity index (χ2v) is 2.70. The fourth-order valence-electron chi connectivity index (χ4n) is 1.29. The number of rotatable bonds is 1. The predicted molar refractivity (Wildman–Crippen MR) is 46.8 cm³/mol. The van der Waals surface area contributed by atoms with E-state index in [2.05, 4.69) is 5.16 Å². The van der Waals surface area contributed by atoms with E-state index in [1.165, 1.54) is 0 Å². The molecule has 1 aliphatic heterocycles. The van der Waals surface area contributed by atoms with Gasteiger partial charge < -0.3 is 14.7 Å². The van der Waals surface area contributed by atoms with Crippen molar-refractivity contribution in [3.63, 3.8) is 0 Å². The lowest BCUT2D eigenvalue weighted by atomic mass is 10.1. The molecule has 1 aliphatic rings. The molecule has 1 aromatic rings. The number of hydrogen-bond acceptors (Lipinski definition) is 4. The Morgan fingerprint density at radius 1 is 1.54 bits per heavy atom. The fraction of sp³-hybridized carbons (Fsp3) is 0.222. The molecule has 1 heterocycles. The lowest BCUT2D eigenvalue weighted by Gasteiger charge is -2.01. The van der Waals surface area contributed by atoms with Gasteiger partial charge >= 0.3 is 0 Å². The maximum absolute atomic E-state index is 8.62. The van der Waals surface area contributed by atoms with E-state index in [-0.39, 0.29) is 0 Å². The van der Waals surface area contributed by atoms with Crippen LogP contribution in [0.1, 0.15) is 5.56 Å². The van der Waals surface area contributed by atoms with Crippen molar-refractivity contribution in [2.75, 3.05) is 13.7 Å². The number of nitrogens with zero attached hydrogens (tertiary/aromatic N) is 1. The molecule has 0 aliphatic carbocycles. The molecule has 2 rings (SSSR count). The quantitative estimate of drug-likeness (QED) is 0.521. The SMILES string of the molecule is COc1ccc2c(c1)OC/C2=N\O. The van der Waals surface area contributed by atoms with Crippen LogP contribution in [0.4, 0.5) is 0 Å². The summed E-state index contributed by atoms with van der Waals surface area (Å²) in [6.45, 7) is 0.318. The van der Waals surface area contributed by atoms with Crippen molar-refractivity contribution >= 4 is 5.71 Å². The number of fused-ring (bicyclic) bond motifs is 1. The van der Waals surface area contributed by atoms with Crippen molar-refractivity contribution < 1.29 is 14.7 Å². The van der Waals surface area contributed by atoms with Gasteiger partial charge in [0.15, 0.2) is 0 Å². The fourth-order valence-corrected chi connectivity index (χ4v) is 1.29. The Balaban J connectivity index is 2.46. The molecule has 0 atom stereocenters. The van der Waals surface area contributed by atoms with Gasteiger partial charge in [0.25, 0.3) is 0 Å². The van der Waals surface area contributed by atoms with Gasteiger partial charge in [-0.15, -0.1) is 0 Å². The van der Waals surface area contributed by atoms with E-state index in [1.54, 1.807) is 19.2 Å². The van der Waals surface area contributed by atoms with Gasteiger partial charge in [-0.2, -0.15) is 0 Å². The lowest BCUT2D eigenvalue weighted by molar-refractivity contribution is 0.313. The van der Waals surface area contributed by atoms with Crippen molar-refractivity contribution in [1.82, 2.24) is 0 Å². The van der Waals surface area contributed by atoms with Gasteiger partial charge in [0.2, 0.25) is 0 Å². The van der Waals surface area contributed by atoms with Crippen LogP contribution in [0.25, 0.3) is 0 Å². The molecule has 13 heavy (non-hydrogen) atoms. The van der Waals surface area contributed by atoms with Crippen LogP contribution in [0.3, 0.4) is 0 Å². The summed E-state index contributed by atoms with van der Waals surface area (Å²) < 4.78 is 10.3. The summed E-state index contributed by atoms with van der Waals surface area (Å²) in [5, 5.41) is 11.8. The van der Waals surface area contributed by atoms with Gasteiger partial charge in [0.05, 0.1) is 7.11 Å². The maximum atomic E-state index is 8.62. The molecule has 0 amide bonds. The highest BCUT2D eigenvalue weighted by atomic mass is 16.5. The van der Waals surface area contributed by atoms with Crippen LogP contribution in [0.2, 0.25) is 0 Å². The third kappa shape index (κ3) is 1.20. The van der Waals surface area contributed by atoms with Crippen molar-refractivity contribution in [3.05, 3.63) is 23.8 Å². The number of ether oxygens (including phenoxy) is 2. The summed E-state index contributed by atoms with van der Waals surface area (Å²) in [6.07, 6.45) is 0. The summed E-state index contributed by atoms with van der Waals surface area (Å²) in [5.41, 5.74) is 1.38. The Bertz CT molecular complexity index is 360. The van der Waals surface area contributed by atoms with Crippen molar-refractivity contribution in [1.29, 1.82) is 0 Å². The van der Waals surface area contributed by atoms with E-state index in [9.17, 15) is 0 Å². The van der Waals surface area contributed by atoms with Gasteiger partial charge in [0.1, 0.15) is 23.8 Å². The normalized spacial score (nSPS) is 16.8. The first-order valence-electron chi connectivity index (χ1n) is 3.87. The van der Waals surface area contributed by atoms with Gasteiger partial charge in [-0.25, -0.2) is 0 Å². The van der Waals surface area contributed by atoms with Crippen LogP contribution >= 0.6 is 0 Å². The first kappa shape index (κ1) is 7.91. The molecule has 0 bridgehead atoms. The largest absolute Gasteiger partial charge is 0.497 e. The Kier molecular flexibility index (Phi) is 1.81. The maximum Gasteiger partial charge on any atom is 0.134 e. The highest BCUT2D eigenvalue weighted by molar-refractivity contribution is 6.05. The number of oxime groups is 1. The second kappa shape index (κ2) is 2.97. The minimum Gasteiger partial charge on any atom is -0.497 e. The van der Waals surface area contributed by atoms with E-state index in [0.29, 0.717) is 18.1 Å². The summed E-state index contributed by atoms with van der Waals surface area (Å²) in [6, 6.07) is 5.39. The average molecular weight is 179 g/mol. The standard InChI is InChI=1S/C9H9NO3/c1-12-6-2-3-7-8(10-11)5-13-9(7)4-6/h2-4,11H,5H2,1H3/b10-8+. The first-order valence-corrected chi connectivity index (χ1v) is 3.87. The highest BCUT2D eigenvalue weighted by Crippen LogP contribution is 2.29. The van der Waals surface area contributed by atoms with Crippen molar-refractivity contribution in [2.24, 2.45) is 5.16 Å². The van der Waals surface area contributed by atoms with Crippen molar-refractivity contribution in [2.45, 2.75) is 0 Å². The number of hydrogen-bond donors (Lipinski definition) is 1. The Hall–Kier alpha value is -1.71. The Labute approximate surface area is 75.4 Å². The second-order valence-electron chi connectivity index (χ2n) is 2.70. The van der Waals surface area contributed by atoms with Crippen LogP contribution in [0.15, 0.2) is 23.4 Å². The molecular formula is C9H9NO3. The number of benzene rings is 1. The summed E-state index contributed by atoms with van der Waals surface area (Å²) in [7, 11) is 1.59. The molecule has 0 saturated carbocycles. The molecule has 4 heteroatoms. The molecule has 0 spiro atoms. The molecule has 4 nitrogen and oxygen atoms in total. The van der Waals surface area contributed by atoms with Gasteiger partial charge in [0, 0.05) is 11.6 Å². The molecule has 1 aromatic carbocycles. The molecule has 68 valence electrons. The van der Waals surface area contributed by atoms with Crippen LogP contribution in [0.5, 0.6) is 11.5 Å². The smallest absolute Gasteiger partial charge is 0.134 e.